The molecule has 0 atom stereocenters. The van der Waals surface area contributed by atoms with Crippen LogP contribution in [0.2, 0.25) is 0 Å². The number of halogens is 3. The molecule has 3 heterocycles. The number of thiazole rings is 1. The second kappa shape index (κ2) is 6.17. The zero-order valence-corrected chi connectivity index (χ0v) is 12.4. The third kappa shape index (κ3) is 3.53. The molecular weight excluding hydrogens is 315 g/mol. The first kappa shape index (κ1) is 15.2. The lowest BCUT2D eigenvalue weighted by Gasteiger charge is -2.34. The van der Waals surface area contributed by atoms with Crippen LogP contribution in [-0.2, 0) is 12.7 Å². The van der Waals surface area contributed by atoms with Gasteiger partial charge in [0.25, 0.3) is 0 Å². The van der Waals surface area contributed by atoms with Crippen LogP contribution in [0.4, 0.5) is 19.0 Å². The Hall–Kier alpha value is -1.74. The molecule has 118 valence electrons. The first-order valence-corrected chi connectivity index (χ1v) is 7.61. The Morgan fingerprint density at radius 1 is 1.18 bits per heavy atom. The average molecular weight is 329 g/mol. The summed E-state index contributed by atoms with van der Waals surface area (Å²) in [6, 6.07) is 3.74. The highest BCUT2D eigenvalue weighted by Crippen LogP contribution is 2.33. The molecule has 0 spiro atoms. The van der Waals surface area contributed by atoms with Crippen LogP contribution in [0.1, 0.15) is 9.88 Å². The van der Waals surface area contributed by atoms with E-state index < -0.39 is 11.1 Å². The Bertz CT molecular complexity index is 608. The molecular formula is C13H14F3N5S. The van der Waals surface area contributed by atoms with Gasteiger partial charge in [0.2, 0.25) is 0 Å². The lowest BCUT2D eigenvalue weighted by Crippen LogP contribution is -2.46. The average Bonchev–Trinajstić information content (AvgIpc) is 2.98. The molecule has 9 heteroatoms. The molecule has 22 heavy (non-hydrogen) atoms. The minimum Gasteiger partial charge on any atom is -0.353 e. The van der Waals surface area contributed by atoms with Crippen LogP contribution in [0.25, 0.3) is 0 Å². The molecule has 1 aliphatic rings. The first-order valence-electron chi connectivity index (χ1n) is 6.79. The van der Waals surface area contributed by atoms with E-state index in [1.807, 2.05) is 12.1 Å². The summed E-state index contributed by atoms with van der Waals surface area (Å²) in [5.41, 5.74) is 0. The maximum absolute atomic E-state index is 12.6. The van der Waals surface area contributed by atoms with Gasteiger partial charge in [0.15, 0.2) is 5.82 Å². The van der Waals surface area contributed by atoms with E-state index in [4.69, 9.17) is 0 Å². The van der Waals surface area contributed by atoms with Crippen LogP contribution in [-0.4, -0.2) is 46.3 Å². The largest absolute Gasteiger partial charge is 0.427 e. The molecule has 5 nitrogen and oxygen atoms in total. The van der Waals surface area contributed by atoms with Crippen molar-refractivity contribution in [2.75, 3.05) is 31.1 Å². The van der Waals surface area contributed by atoms with Crippen molar-refractivity contribution in [2.45, 2.75) is 12.7 Å². The Morgan fingerprint density at radius 3 is 2.55 bits per heavy atom. The lowest BCUT2D eigenvalue weighted by molar-refractivity contribution is -0.134. The second-order valence-corrected chi connectivity index (χ2v) is 6.08. The summed E-state index contributed by atoms with van der Waals surface area (Å²) in [6.07, 6.45) is -1.77. The van der Waals surface area contributed by atoms with Crippen molar-refractivity contribution in [1.82, 2.24) is 20.1 Å². The third-order valence-electron chi connectivity index (χ3n) is 3.45. The maximum atomic E-state index is 12.6. The van der Waals surface area contributed by atoms with E-state index in [0.29, 0.717) is 22.9 Å². The van der Waals surface area contributed by atoms with Crippen LogP contribution in [0.3, 0.4) is 0 Å². The van der Waals surface area contributed by atoms with Crippen molar-refractivity contribution >= 4 is 17.2 Å². The van der Waals surface area contributed by atoms with Gasteiger partial charge in [-0.1, -0.05) is 0 Å². The van der Waals surface area contributed by atoms with E-state index in [1.54, 1.807) is 6.20 Å². The topological polar surface area (TPSA) is 45.2 Å². The number of piperazine rings is 1. The van der Waals surface area contributed by atoms with E-state index in [9.17, 15) is 13.2 Å². The summed E-state index contributed by atoms with van der Waals surface area (Å²) in [5.74, 6) is 0.829. The standard InChI is InChI=1S/C13H14F3N5S/c14-13(15,16)10-8-17-12(22-10)9-20-4-6-21(7-5-20)11-2-1-3-18-19-11/h1-3,8H,4-7,9H2. The van der Waals surface area contributed by atoms with Gasteiger partial charge in [-0.2, -0.15) is 18.3 Å². The fourth-order valence-electron chi connectivity index (χ4n) is 2.30. The number of hydrogen-bond acceptors (Lipinski definition) is 6. The fourth-order valence-corrected chi connectivity index (χ4v) is 3.13. The van der Waals surface area contributed by atoms with Gasteiger partial charge in [0.1, 0.15) is 9.88 Å². The lowest BCUT2D eigenvalue weighted by atomic mass is 10.3. The second-order valence-electron chi connectivity index (χ2n) is 4.96. The molecule has 3 rings (SSSR count). The summed E-state index contributed by atoms with van der Waals surface area (Å²) >= 11 is 0.717. The normalized spacial score (nSPS) is 17.0. The smallest absolute Gasteiger partial charge is 0.353 e. The monoisotopic (exact) mass is 329 g/mol. The van der Waals surface area contributed by atoms with Gasteiger partial charge in [-0.25, -0.2) is 4.98 Å². The Morgan fingerprint density at radius 2 is 1.95 bits per heavy atom. The number of aromatic nitrogens is 3. The number of rotatable bonds is 3. The highest BCUT2D eigenvalue weighted by molar-refractivity contribution is 7.11. The molecule has 0 amide bonds. The molecule has 0 aromatic carbocycles. The number of hydrogen-bond donors (Lipinski definition) is 0. The third-order valence-corrected chi connectivity index (χ3v) is 4.47. The molecule has 0 saturated carbocycles. The number of nitrogens with zero attached hydrogens (tertiary/aromatic N) is 5. The van der Waals surface area contributed by atoms with E-state index in [1.165, 1.54) is 0 Å². The van der Waals surface area contributed by atoms with E-state index >= 15 is 0 Å². The minimum atomic E-state index is -4.30. The molecule has 0 radical (unpaired) electrons. The summed E-state index contributed by atoms with van der Waals surface area (Å²) in [5, 5.41) is 8.42. The number of anilines is 1. The van der Waals surface area contributed by atoms with Crippen molar-refractivity contribution < 1.29 is 13.2 Å². The van der Waals surface area contributed by atoms with Gasteiger partial charge in [-0.15, -0.1) is 16.4 Å². The summed E-state index contributed by atoms with van der Waals surface area (Å²) in [7, 11) is 0. The number of alkyl halides is 3. The molecule has 0 unspecified atom stereocenters. The van der Waals surface area contributed by atoms with Crippen molar-refractivity contribution in [3.05, 3.63) is 34.4 Å². The summed E-state index contributed by atoms with van der Waals surface area (Å²) in [4.78, 5) is 7.46. The van der Waals surface area contributed by atoms with Gasteiger partial charge in [0, 0.05) is 32.4 Å². The van der Waals surface area contributed by atoms with Crippen LogP contribution >= 0.6 is 11.3 Å². The Kier molecular flexibility index (Phi) is 4.25. The molecule has 1 aliphatic heterocycles. The molecule has 1 fully saturated rings. The fraction of sp³-hybridized carbons (Fsp3) is 0.462. The Balaban J connectivity index is 1.55. The van der Waals surface area contributed by atoms with Gasteiger partial charge in [0.05, 0.1) is 12.7 Å². The zero-order valence-electron chi connectivity index (χ0n) is 11.6. The van der Waals surface area contributed by atoms with Gasteiger partial charge in [-0.05, 0) is 12.1 Å². The first-order chi connectivity index (χ1) is 10.5. The molecule has 0 bridgehead atoms. The predicted molar refractivity (Wildman–Crippen MR) is 76.6 cm³/mol. The molecule has 0 N–H and O–H groups in total. The van der Waals surface area contributed by atoms with Gasteiger partial charge in [-0.3, -0.25) is 4.90 Å². The highest BCUT2D eigenvalue weighted by atomic mass is 32.1. The summed E-state index contributed by atoms with van der Waals surface area (Å²) in [6.45, 7) is 3.52. The van der Waals surface area contributed by atoms with Crippen molar-refractivity contribution in [3.63, 3.8) is 0 Å². The molecule has 2 aromatic heterocycles. The molecule has 1 saturated heterocycles. The van der Waals surface area contributed by atoms with Crippen LogP contribution in [0.15, 0.2) is 24.5 Å². The summed E-state index contributed by atoms with van der Waals surface area (Å²) < 4.78 is 37.7. The van der Waals surface area contributed by atoms with Crippen molar-refractivity contribution in [3.8, 4) is 0 Å². The SMILES string of the molecule is FC(F)(F)c1cnc(CN2CCN(c3cccnn3)CC2)s1. The minimum absolute atomic E-state index is 0.453. The van der Waals surface area contributed by atoms with Crippen LogP contribution in [0.5, 0.6) is 0 Å². The molecule has 2 aromatic rings. The van der Waals surface area contributed by atoms with Crippen LogP contribution in [0, 0.1) is 0 Å². The quantitative estimate of drug-likeness (QED) is 0.864. The van der Waals surface area contributed by atoms with Crippen LogP contribution < -0.4 is 4.90 Å². The van der Waals surface area contributed by atoms with E-state index in [2.05, 4.69) is 25.0 Å². The Labute approximate surface area is 129 Å². The van der Waals surface area contributed by atoms with E-state index in [-0.39, 0.29) is 0 Å². The molecule has 0 aliphatic carbocycles. The van der Waals surface area contributed by atoms with Gasteiger partial charge < -0.3 is 4.90 Å². The van der Waals surface area contributed by atoms with Crippen molar-refractivity contribution in [2.24, 2.45) is 0 Å². The van der Waals surface area contributed by atoms with Crippen molar-refractivity contribution in [1.29, 1.82) is 0 Å². The predicted octanol–water partition coefficient (Wildman–Crippen LogP) is 2.27. The highest BCUT2D eigenvalue weighted by Gasteiger charge is 2.33. The maximum Gasteiger partial charge on any atom is 0.427 e. The zero-order chi connectivity index (χ0) is 15.6. The van der Waals surface area contributed by atoms with Gasteiger partial charge >= 0.3 is 6.18 Å². The van der Waals surface area contributed by atoms with E-state index in [0.717, 1.165) is 38.2 Å².